The molecule has 0 heterocycles. The quantitative estimate of drug-likeness (QED) is 0.627. The Bertz CT molecular complexity index is 500. The predicted molar refractivity (Wildman–Crippen MR) is 75.6 cm³/mol. The molecule has 1 unspecified atom stereocenters. The number of hydrogen-bond acceptors (Lipinski definition) is 5. The molecule has 0 spiro atoms. The van der Waals surface area contributed by atoms with Gasteiger partial charge in [-0.2, -0.15) is 0 Å². The summed E-state index contributed by atoms with van der Waals surface area (Å²) < 4.78 is 10.2. The number of hydrogen-bond donors (Lipinski definition) is 2. The molecule has 0 bridgehead atoms. The van der Waals surface area contributed by atoms with Gasteiger partial charge in [-0.25, -0.2) is 4.79 Å². The molecule has 0 aliphatic heterocycles. The first-order valence-corrected chi connectivity index (χ1v) is 6.30. The molecule has 0 aromatic heterocycles. The largest absolute Gasteiger partial charge is 0.494 e. The molecule has 1 rings (SSSR count). The standard InChI is InChI=1S/C14H20N2O4/c1-8(2)16-13(17)9(3)20-14(18)10-6-5-7-11(15)12(10)19-4/h5-9H,15H2,1-4H3,(H,16,17). The summed E-state index contributed by atoms with van der Waals surface area (Å²) in [6.07, 6.45) is -0.893. The number of nitrogen functional groups attached to an aromatic ring is 1. The molecular weight excluding hydrogens is 260 g/mol. The minimum absolute atomic E-state index is 0.0226. The lowest BCUT2D eigenvalue weighted by Gasteiger charge is -2.16. The normalized spacial score (nSPS) is 11.8. The van der Waals surface area contributed by atoms with Crippen LogP contribution in [-0.2, 0) is 9.53 Å². The van der Waals surface area contributed by atoms with Crippen molar-refractivity contribution >= 4 is 17.6 Å². The number of esters is 1. The van der Waals surface area contributed by atoms with E-state index in [2.05, 4.69) is 5.32 Å². The molecule has 6 nitrogen and oxygen atoms in total. The fraction of sp³-hybridized carbons (Fsp3) is 0.429. The van der Waals surface area contributed by atoms with E-state index in [-0.39, 0.29) is 23.3 Å². The van der Waals surface area contributed by atoms with Crippen molar-refractivity contribution in [2.24, 2.45) is 0 Å². The lowest BCUT2D eigenvalue weighted by molar-refractivity contribution is -0.129. The first-order valence-electron chi connectivity index (χ1n) is 6.30. The maximum Gasteiger partial charge on any atom is 0.342 e. The van der Waals surface area contributed by atoms with Crippen LogP contribution in [0.15, 0.2) is 18.2 Å². The molecule has 20 heavy (non-hydrogen) atoms. The van der Waals surface area contributed by atoms with Gasteiger partial charge in [0.15, 0.2) is 11.9 Å². The summed E-state index contributed by atoms with van der Waals surface area (Å²) in [5, 5.41) is 2.67. The van der Waals surface area contributed by atoms with Gasteiger partial charge < -0.3 is 20.5 Å². The number of anilines is 1. The summed E-state index contributed by atoms with van der Waals surface area (Å²) in [6, 6.07) is 4.74. The van der Waals surface area contributed by atoms with E-state index in [1.54, 1.807) is 12.1 Å². The minimum Gasteiger partial charge on any atom is -0.494 e. The lowest BCUT2D eigenvalue weighted by atomic mass is 10.1. The molecule has 0 aliphatic carbocycles. The number of para-hydroxylation sites is 1. The topological polar surface area (TPSA) is 90.7 Å². The van der Waals surface area contributed by atoms with Crippen LogP contribution in [0, 0.1) is 0 Å². The summed E-state index contributed by atoms with van der Waals surface area (Å²) in [5.74, 6) is -0.759. The van der Waals surface area contributed by atoms with Crippen molar-refractivity contribution in [1.82, 2.24) is 5.32 Å². The van der Waals surface area contributed by atoms with Crippen molar-refractivity contribution in [3.63, 3.8) is 0 Å². The average molecular weight is 280 g/mol. The Balaban J connectivity index is 2.82. The van der Waals surface area contributed by atoms with Crippen molar-refractivity contribution in [1.29, 1.82) is 0 Å². The van der Waals surface area contributed by atoms with Crippen molar-refractivity contribution < 1.29 is 19.1 Å². The van der Waals surface area contributed by atoms with Crippen LogP contribution in [0.25, 0.3) is 0 Å². The number of benzene rings is 1. The Morgan fingerprint density at radius 3 is 2.45 bits per heavy atom. The van der Waals surface area contributed by atoms with Crippen LogP contribution in [0.1, 0.15) is 31.1 Å². The molecular formula is C14H20N2O4. The van der Waals surface area contributed by atoms with Gasteiger partial charge in [0, 0.05) is 6.04 Å². The zero-order valence-corrected chi connectivity index (χ0v) is 12.1. The van der Waals surface area contributed by atoms with Crippen LogP contribution in [0.2, 0.25) is 0 Å². The Morgan fingerprint density at radius 1 is 1.25 bits per heavy atom. The molecule has 1 amide bonds. The summed E-state index contributed by atoms with van der Waals surface area (Å²) in [4.78, 5) is 23.7. The van der Waals surface area contributed by atoms with E-state index >= 15 is 0 Å². The third kappa shape index (κ3) is 3.88. The Labute approximate surface area is 118 Å². The molecule has 110 valence electrons. The van der Waals surface area contributed by atoms with Crippen molar-refractivity contribution in [2.75, 3.05) is 12.8 Å². The van der Waals surface area contributed by atoms with Crippen molar-refractivity contribution in [3.8, 4) is 5.75 Å². The van der Waals surface area contributed by atoms with Gasteiger partial charge in [0.25, 0.3) is 5.91 Å². The molecule has 0 radical (unpaired) electrons. The number of ether oxygens (including phenoxy) is 2. The molecule has 1 atom stereocenters. The Kier molecular flexibility index (Phi) is 5.37. The van der Waals surface area contributed by atoms with E-state index in [9.17, 15) is 9.59 Å². The van der Waals surface area contributed by atoms with E-state index in [4.69, 9.17) is 15.2 Å². The first kappa shape index (κ1) is 15.8. The third-order valence-corrected chi connectivity index (χ3v) is 2.55. The summed E-state index contributed by atoms with van der Waals surface area (Å²) in [6.45, 7) is 5.16. The van der Waals surface area contributed by atoms with Crippen LogP contribution in [-0.4, -0.2) is 31.1 Å². The second kappa shape index (κ2) is 6.79. The highest BCUT2D eigenvalue weighted by molar-refractivity contribution is 5.96. The number of carbonyl (C=O) groups is 2. The van der Waals surface area contributed by atoms with Crippen molar-refractivity contribution in [2.45, 2.75) is 32.9 Å². The van der Waals surface area contributed by atoms with E-state index < -0.39 is 12.1 Å². The maximum atomic E-state index is 12.0. The fourth-order valence-electron chi connectivity index (χ4n) is 1.62. The van der Waals surface area contributed by atoms with Gasteiger partial charge in [0.1, 0.15) is 5.56 Å². The molecule has 0 fully saturated rings. The number of nitrogens with two attached hydrogens (primary N) is 1. The van der Waals surface area contributed by atoms with Gasteiger partial charge in [0.2, 0.25) is 0 Å². The summed E-state index contributed by atoms with van der Waals surface area (Å²) in [5.41, 5.74) is 6.24. The van der Waals surface area contributed by atoms with E-state index in [1.165, 1.54) is 20.1 Å². The molecule has 1 aromatic rings. The van der Waals surface area contributed by atoms with Gasteiger partial charge in [-0.1, -0.05) is 6.07 Å². The highest BCUT2D eigenvalue weighted by atomic mass is 16.5. The number of amides is 1. The first-order chi connectivity index (χ1) is 9.36. The van der Waals surface area contributed by atoms with Gasteiger partial charge in [-0.05, 0) is 32.9 Å². The number of nitrogens with one attached hydrogen (secondary N) is 1. The van der Waals surface area contributed by atoms with Crippen LogP contribution < -0.4 is 15.8 Å². The SMILES string of the molecule is COc1c(N)cccc1C(=O)OC(C)C(=O)NC(C)C. The van der Waals surface area contributed by atoms with E-state index in [0.29, 0.717) is 5.69 Å². The van der Waals surface area contributed by atoms with Crippen LogP contribution in [0.3, 0.4) is 0 Å². The van der Waals surface area contributed by atoms with Crippen LogP contribution in [0.5, 0.6) is 5.75 Å². The molecule has 3 N–H and O–H groups in total. The molecule has 0 saturated heterocycles. The van der Waals surface area contributed by atoms with Crippen molar-refractivity contribution in [3.05, 3.63) is 23.8 Å². The second-order valence-corrected chi connectivity index (χ2v) is 4.64. The second-order valence-electron chi connectivity index (χ2n) is 4.64. The van der Waals surface area contributed by atoms with Crippen LogP contribution >= 0.6 is 0 Å². The summed E-state index contributed by atoms with van der Waals surface area (Å²) >= 11 is 0. The number of methoxy groups -OCH3 is 1. The zero-order chi connectivity index (χ0) is 15.3. The Morgan fingerprint density at radius 2 is 1.90 bits per heavy atom. The van der Waals surface area contributed by atoms with Gasteiger partial charge in [0.05, 0.1) is 12.8 Å². The van der Waals surface area contributed by atoms with Crippen LogP contribution in [0.4, 0.5) is 5.69 Å². The average Bonchev–Trinajstić information content (AvgIpc) is 2.37. The Hall–Kier alpha value is -2.24. The number of rotatable bonds is 5. The van der Waals surface area contributed by atoms with Gasteiger partial charge in [-0.15, -0.1) is 0 Å². The molecule has 0 saturated carbocycles. The smallest absolute Gasteiger partial charge is 0.342 e. The minimum atomic E-state index is -0.893. The molecule has 6 heteroatoms. The summed E-state index contributed by atoms with van der Waals surface area (Å²) in [7, 11) is 1.41. The maximum absolute atomic E-state index is 12.0. The number of carbonyl (C=O) groups excluding carboxylic acids is 2. The van der Waals surface area contributed by atoms with E-state index in [1.807, 2.05) is 13.8 Å². The predicted octanol–water partition coefficient (Wildman–Crippen LogP) is 1.35. The van der Waals surface area contributed by atoms with Gasteiger partial charge >= 0.3 is 5.97 Å². The lowest BCUT2D eigenvalue weighted by Crippen LogP contribution is -2.39. The highest BCUT2D eigenvalue weighted by Crippen LogP contribution is 2.26. The third-order valence-electron chi connectivity index (χ3n) is 2.55. The highest BCUT2D eigenvalue weighted by Gasteiger charge is 2.22. The zero-order valence-electron chi connectivity index (χ0n) is 12.1. The van der Waals surface area contributed by atoms with E-state index in [0.717, 1.165) is 0 Å². The molecule has 0 aliphatic rings. The van der Waals surface area contributed by atoms with Gasteiger partial charge in [-0.3, -0.25) is 4.79 Å². The monoisotopic (exact) mass is 280 g/mol. The fourth-order valence-corrected chi connectivity index (χ4v) is 1.62. The molecule has 1 aromatic carbocycles.